The molecule has 2 N–H and O–H groups in total. The third-order valence-corrected chi connectivity index (χ3v) is 4.79. The SMILES string of the molecule is CN=C(NCCN1CCOCC1)NCc1ccc(Oc2ccc(F)cc2)c(C)c1.I. The fourth-order valence-corrected chi connectivity index (χ4v) is 3.13. The molecule has 0 spiro atoms. The van der Waals surface area contributed by atoms with Gasteiger partial charge >= 0.3 is 0 Å². The van der Waals surface area contributed by atoms with Gasteiger partial charge in [-0.15, -0.1) is 24.0 Å². The van der Waals surface area contributed by atoms with Gasteiger partial charge in [0.2, 0.25) is 0 Å². The van der Waals surface area contributed by atoms with E-state index in [1.165, 1.54) is 12.1 Å². The highest BCUT2D eigenvalue weighted by atomic mass is 127. The molecule has 0 atom stereocenters. The molecule has 1 saturated heterocycles. The third kappa shape index (κ3) is 7.73. The minimum atomic E-state index is -0.276. The van der Waals surface area contributed by atoms with Crippen molar-refractivity contribution in [3.63, 3.8) is 0 Å². The van der Waals surface area contributed by atoms with Gasteiger partial charge in [0.1, 0.15) is 17.3 Å². The summed E-state index contributed by atoms with van der Waals surface area (Å²) >= 11 is 0. The topological polar surface area (TPSA) is 58.1 Å². The van der Waals surface area contributed by atoms with E-state index < -0.39 is 0 Å². The van der Waals surface area contributed by atoms with Crippen LogP contribution in [-0.2, 0) is 11.3 Å². The number of nitrogens with zero attached hydrogens (tertiary/aromatic N) is 2. The summed E-state index contributed by atoms with van der Waals surface area (Å²) < 4.78 is 24.2. The minimum Gasteiger partial charge on any atom is -0.457 e. The first kappa shape index (κ1) is 24.4. The molecule has 3 rings (SSSR count). The maximum Gasteiger partial charge on any atom is 0.191 e. The Morgan fingerprint density at radius 1 is 1.13 bits per heavy atom. The van der Waals surface area contributed by atoms with E-state index in [0.717, 1.165) is 62.2 Å². The molecule has 0 amide bonds. The highest BCUT2D eigenvalue weighted by Crippen LogP contribution is 2.25. The average molecular weight is 528 g/mol. The summed E-state index contributed by atoms with van der Waals surface area (Å²) in [6.45, 7) is 8.06. The van der Waals surface area contributed by atoms with Crippen LogP contribution >= 0.6 is 24.0 Å². The molecule has 6 nitrogen and oxygen atoms in total. The predicted octanol–water partition coefficient (Wildman–Crippen LogP) is 3.54. The number of rotatable bonds is 7. The summed E-state index contributed by atoms with van der Waals surface area (Å²) in [6.07, 6.45) is 0. The monoisotopic (exact) mass is 528 g/mol. The quantitative estimate of drug-likeness (QED) is 0.327. The molecule has 8 heteroatoms. The Hall–Kier alpha value is -1.91. The minimum absolute atomic E-state index is 0. The number of benzene rings is 2. The van der Waals surface area contributed by atoms with Gasteiger partial charge in [-0.2, -0.15) is 0 Å². The Morgan fingerprint density at radius 3 is 2.53 bits per heavy atom. The first-order valence-corrected chi connectivity index (χ1v) is 9.91. The van der Waals surface area contributed by atoms with E-state index in [-0.39, 0.29) is 29.8 Å². The summed E-state index contributed by atoms with van der Waals surface area (Å²) in [5.41, 5.74) is 2.15. The van der Waals surface area contributed by atoms with Crippen molar-refractivity contribution in [1.29, 1.82) is 0 Å². The summed E-state index contributed by atoms with van der Waals surface area (Å²) in [4.78, 5) is 6.67. The second-order valence-corrected chi connectivity index (χ2v) is 6.96. The zero-order chi connectivity index (χ0) is 20.5. The molecular weight excluding hydrogens is 498 g/mol. The number of hydrogen-bond acceptors (Lipinski definition) is 4. The van der Waals surface area contributed by atoms with Gasteiger partial charge in [0.05, 0.1) is 13.2 Å². The Bertz CT molecular complexity index is 811. The molecule has 0 radical (unpaired) electrons. The van der Waals surface area contributed by atoms with Crippen LogP contribution in [0.3, 0.4) is 0 Å². The van der Waals surface area contributed by atoms with Crippen molar-refractivity contribution in [2.24, 2.45) is 4.99 Å². The number of nitrogens with one attached hydrogen (secondary N) is 2. The second kappa shape index (κ2) is 12.7. The first-order chi connectivity index (χ1) is 14.1. The molecule has 2 aromatic rings. The van der Waals surface area contributed by atoms with Crippen LogP contribution in [-0.4, -0.2) is 57.3 Å². The third-order valence-electron chi connectivity index (χ3n) is 4.79. The van der Waals surface area contributed by atoms with E-state index in [2.05, 4.69) is 26.6 Å². The molecule has 1 fully saturated rings. The van der Waals surface area contributed by atoms with Crippen molar-refractivity contribution < 1.29 is 13.9 Å². The fraction of sp³-hybridized carbons (Fsp3) is 0.409. The lowest BCUT2D eigenvalue weighted by Crippen LogP contribution is -2.44. The van der Waals surface area contributed by atoms with Crippen molar-refractivity contribution in [3.05, 3.63) is 59.4 Å². The van der Waals surface area contributed by atoms with Crippen LogP contribution in [0.25, 0.3) is 0 Å². The number of guanidine groups is 1. The van der Waals surface area contributed by atoms with Gasteiger partial charge in [-0.3, -0.25) is 9.89 Å². The Morgan fingerprint density at radius 2 is 1.87 bits per heavy atom. The number of hydrogen-bond donors (Lipinski definition) is 2. The molecule has 30 heavy (non-hydrogen) atoms. The van der Waals surface area contributed by atoms with Crippen molar-refractivity contribution in [1.82, 2.24) is 15.5 Å². The fourth-order valence-electron chi connectivity index (χ4n) is 3.13. The molecule has 0 bridgehead atoms. The molecule has 0 saturated carbocycles. The normalized spacial score (nSPS) is 14.7. The van der Waals surface area contributed by atoms with Crippen LogP contribution in [0, 0.1) is 12.7 Å². The maximum absolute atomic E-state index is 13.0. The number of aryl methyl sites for hydroxylation is 1. The van der Waals surface area contributed by atoms with Crippen molar-refractivity contribution in [2.75, 3.05) is 46.4 Å². The lowest BCUT2D eigenvalue weighted by atomic mass is 10.1. The van der Waals surface area contributed by atoms with Gasteiger partial charge in [-0.1, -0.05) is 12.1 Å². The van der Waals surface area contributed by atoms with Gasteiger partial charge in [-0.05, 0) is 48.4 Å². The molecule has 0 aromatic heterocycles. The van der Waals surface area contributed by atoms with Crippen LogP contribution < -0.4 is 15.4 Å². The molecule has 1 aliphatic rings. The van der Waals surface area contributed by atoms with Crippen LogP contribution in [0.5, 0.6) is 11.5 Å². The standard InChI is InChI=1S/C22H29FN4O2.HI/c1-17-15-18(3-8-21(17)29-20-6-4-19(23)5-7-20)16-26-22(24-2)25-9-10-27-11-13-28-14-12-27;/h3-8,15H,9-14,16H2,1-2H3,(H2,24,25,26);1H. The van der Waals surface area contributed by atoms with Gasteiger partial charge in [-0.25, -0.2) is 4.39 Å². The van der Waals surface area contributed by atoms with Gasteiger partial charge < -0.3 is 20.1 Å². The van der Waals surface area contributed by atoms with Crippen LogP contribution in [0.4, 0.5) is 4.39 Å². The van der Waals surface area contributed by atoms with E-state index in [0.29, 0.717) is 12.3 Å². The average Bonchev–Trinajstić information content (AvgIpc) is 2.74. The van der Waals surface area contributed by atoms with Crippen molar-refractivity contribution in [3.8, 4) is 11.5 Å². The second-order valence-electron chi connectivity index (χ2n) is 6.96. The number of halogens is 2. The van der Waals surface area contributed by atoms with Crippen LogP contribution in [0.2, 0.25) is 0 Å². The van der Waals surface area contributed by atoms with Crippen molar-refractivity contribution >= 4 is 29.9 Å². The van der Waals surface area contributed by atoms with E-state index in [9.17, 15) is 4.39 Å². The maximum atomic E-state index is 13.0. The summed E-state index contributed by atoms with van der Waals surface area (Å²) in [5.74, 6) is 1.88. The molecule has 164 valence electrons. The number of aliphatic imine (C=N–C) groups is 1. The lowest BCUT2D eigenvalue weighted by Gasteiger charge is -2.26. The van der Waals surface area contributed by atoms with E-state index in [1.807, 2.05) is 19.1 Å². The molecule has 1 aliphatic heterocycles. The largest absolute Gasteiger partial charge is 0.457 e. The van der Waals surface area contributed by atoms with Gasteiger partial charge in [0, 0.05) is 39.8 Å². The predicted molar refractivity (Wildman–Crippen MR) is 129 cm³/mol. The van der Waals surface area contributed by atoms with Crippen LogP contribution in [0.1, 0.15) is 11.1 Å². The van der Waals surface area contributed by atoms with Crippen LogP contribution in [0.15, 0.2) is 47.5 Å². The Balaban J connectivity index is 0.00000320. The van der Waals surface area contributed by atoms with Gasteiger partial charge in [0.15, 0.2) is 5.96 Å². The molecule has 2 aromatic carbocycles. The Labute approximate surface area is 194 Å². The Kier molecular flexibility index (Phi) is 10.3. The zero-order valence-corrected chi connectivity index (χ0v) is 19.8. The summed E-state index contributed by atoms with van der Waals surface area (Å²) in [5, 5.41) is 6.69. The molecular formula is C22H30FIN4O2. The summed E-state index contributed by atoms with van der Waals surface area (Å²) in [6, 6.07) is 12.0. The van der Waals surface area contributed by atoms with Crippen molar-refractivity contribution in [2.45, 2.75) is 13.5 Å². The molecule has 1 heterocycles. The number of morpholine rings is 1. The van der Waals surface area contributed by atoms with E-state index in [1.54, 1.807) is 19.2 Å². The number of ether oxygens (including phenoxy) is 2. The smallest absolute Gasteiger partial charge is 0.191 e. The van der Waals surface area contributed by atoms with E-state index in [4.69, 9.17) is 9.47 Å². The van der Waals surface area contributed by atoms with Gasteiger partial charge in [0.25, 0.3) is 0 Å². The van der Waals surface area contributed by atoms with E-state index >= 15 is 0 Å². The first-order valence-electron chi connectivity index (χ1n) is 9.91. The molecule has 0 aliphatic carbocycles. The zero-order valence-electron chi connectivity index (χ0n) is 17.5. The molecule has 0 unspecified atom stereocenters. The highest BCUT2D eigenvalue weighted by molar-refractivity contribution is 14.0. The highest BCUT2D eigenvalue weighted by Gasteiger charge is 2.10. The lowest BCUT2D eigenvalue weighted by molar-refractivity contribution is 0.0389. The summed E-state index contributed by atoms with van der Waals surface area (Å²) in [7, 11) is 1.77.